The van der Waals surface area contributed by atoms with Crippen molar-refractivity contribution < 1.29 is 13.2 Å². The minimum atomic E-state index is -3.51. The highest BCUT2D eigenvalue weighted by atomic mass is 32.2. The maximum absolute atomic E-state index is 13.1. The predicted octanol–water partition coefficient (Wildman–Crippen LogP) is 3.66. The Kier molecular flexibility index (Phi) is 5.79. The lowest BCUT2D eigenvalue weighted by molar-refractivity contribution is 0.340. The molecule has 1 aromatic carbocycles. The lowest BCUT2D eigenvalue weighted by atomic mass is 10.0. The van der Waals surface area contributed by atoms with E-state index in [1.807, 2.05) is 19.1 Å². The highest BCUT2D eigenvalue weighted by Gasteiger charge is 2.33. The summed E-state index contributed by atoms with van der Waals surface area (Å²) in [5.41, 5.74) is 1.78. The summed E-state index contributed by atoms with van der Waals surface area (Å²) >= 11 is 0. The molecule has 7 nitrogen and oxygen atoms in total. The molecular formula is C22H28N4O3S. The van der Waals surface area contributed by atoms with Gasteiger partial charge in [-0.15, -0.1) is 0 Å². The van der Waals surface area contributed by atoms with E-state index in [1.54, 1.807) is 34.8 Å². The van der Waals surface area contributed by atoms with Crippen LogP contribution in [-0.4, -0.2) is 47.0 Å². The molecule has 0 N–H and O–H groups in total. The summed E-state index contributed by atoms with van der Waals surface area (Å²) in [4.78, 5) is 9.59. The highest BCUT2D eigenvalue weighted by molar-refractivity contribution is 7.89. The molecule has 1 aliphatic rings. The average molecular weight is 429 g/mol. The number of imidazole rings is 1. The van der Waals surface area contributed by atoms with Crippen LogP contribution in [0.2, 0.25) is 0 Å². The Bertz CT molecular complexity index is 1120. The third-order valence-corrected chi connectivity index (χ3v) is 7.41. The van der Waals surface area contributed by atoms with Gasteiger partial charge in [0.2, 0.25) is 10.0 Å². The molecule has 30 heavy (non-hydrogen) atoms. The summed E-state index contributed by atoms with van der Waals surface area (Å²) in [6.07, 6.45) is 3.35. The topological polar surface area (TPSA) is 77.3 Å². The third-order valence-electron chi connectivity index (χ3n) is 5.53. The summed E-state index contributed by atoms with van der Waals surface area (Å²) in [5, 5.41) is 0. The SMILES string of the molecule is CCOc1ccc(S(=O)(=O)N2CC[C@H](Cc3nc4cccnc4n3C(C)C)C2)cc1. The second kappa shape index (κ2) is 8.35. The van der Waals surface area contributed by atoms with Gasteiger partial charge in [-0.1, -0.05) is 0 Å². The number of hydrogen-bond donors (Lipinski definition) is 0. The monoisotopic (exact) mass is 428 g/mol. The summed E-state index contributed by atoms with van der Waals surface area (Å²) in [7, 11) is -3.51. The highest BCUT2D eigenvalue weighted by Crippen LogP contribution is 2.29. The molecule has 2 aromatic heterocycles. The molecule has 0 aliphatic carbocycles. The molecule has 3 heterocycles. The first-order valence-corrected chi connectivity index (χ1v) is 11.9. The minimum absolute atomic E-state index is 0.233. The van der Waals surface area contributed by atoms with Gasteiger partial charge >= 0.3 is 0 Å². The van der Waals surface area contributed by atoms with Crippen LogP contribution in [0.5, 0.6) is 5.75 Å². The maximum Gasteiger partial charge on any atom is 0.243 e. The molecule has 4 rings (SSSR count). The van der Waals surface area contributed by atoms with Crippen molar-refractivity contribution >= 4 is 21.2 Å². The van der Waals surface area contributed by atoms with Gasteiger partial charge in [-0.3, -0.25) is 0 Å². The van der Waals surface area contributed by atoms with Crippen molar-refractivity contribution in [2.24, 2.45) is 5.92 Å². The number of benzene rings is 1. The van der Waals surface area contributed by atoms with Gasteiger partial charge in [-0.25, -0.2) is 18.4 Å². The quantitative estimate of drug-likeness (QED) is 0.574. The van der Waals surface area contributed by atoms with Crippen LogP contribution < -0.4 is 4.74 Å². The van der Waals surface area contributed by atoms with Crippen LogP contribution in [-0.2, 0) is 16.4 Å². The number of nitrogens with zero attached hydrogens (tertiary/aromatic N) is 4. The third kappa shape index (κ3) is 3.94. The molecule has 0 amide bonds. The molecule has 0 saturated carbocycles. The number of sulfonamides is 1. The van der Waals surface area contributed by atoms with Crippen LogP contribution in [0.3, 0.4) is 0 Å². The second-order valence-corrected chi connectivity index (χ2v) is 9.90. The van der Waals surface area contributed by atoms with Crippen LogP contribution in [0.15, 0.2) is 47.5 Å². The van der Waals surface area contributed by atoms with Gasteiger partial charge < -0.3 is 9.30 Å². The van der Waals surface area contributed by atoms with Gasteiger partial charge in [0.05, 0.1) is 11.5 Å². The predicted molar refractivity (Wildman–Crippen MR) is 116 cm³/mol. The molecule has 0 radical (unpaired) electrons. The molecule has 1 saturated heterocycles. The van der Waals surface area contributed by atoms with Crippen molar-refractivity contribution in [3.63, 3.8) is 0 Å². The molecule has 1 fully saturated rings. The molecule has 1 aliphatic heterocycles. The van der Waals surface area contributed by atoms with E-state index < -0.39 is 10.0 Å². The van der Waals surface area contributed by atoms with Crippen molar-refractivity contribution in [1.82, 2.24) is 18.8 Å². The average Bonchev–Trinajstić information content (AvgIpc) is 3.33. The van der Waals surface area contributed by atoms with E-state index in [1.165, 1.54) is 0 Å². The molecule has 1 atom stereocenters. The van der Waals surface area contributed by atoms with Gasteiger partial charge in [-0.2, -0.15) is 4.31 Å². The van der Waals surface area contributed by atoms with E-state index in [9.17, 15) is 8.42 Å². The summed E-state index contributed by atoms with van der Waals surface area (Å²) in [5.74, 6) is 1.89. The van der Waals surface area contributed by atoms with E-state index in [4.69, 9.17) is 9.72 Å². The summed E-state index contributed by atoms with van der Waals surface area (Å²) in [6, 6.07) is 10.8. The van der Waals surface area contributed by atoms with E-state index >= 15 is 0 Å². The van der Waals surface area contributed by atoms with Gasteiger partial charge in [0.25, 0.3) is 0 Å². The Morgan fingerprint density at radius 1 is 1.20 bits per heavy atom. The fourth-order valence-electron chi connectivity index (χ4n) is 4.13. The Hall–Kier alpha value is -2.45. The zero-order valence-electron chi connectivity index (χ0n) is 17.7. The standard InChI is InChI=1S/C22H28N4O3S/c1-4-29-18-7-9-19(10-8-18)30(27,28)25-13-11-17(15-25)14-21-24-20-6-5-12-23-22(20)26(21)16(2)3/h5-10,12,16-17H,4,11,13-15H2,1-3H3/t17-/m1/s1. The first-order valence-electron chi connectivity index (χ1n) is 10.4. The lowest BCUT2D eigenvalue weighted by Crippen LogP contribution is -2.29. The van der Waals surface area contributed by atoms with E-state index in [0.717, 1.165) is 29.8 Å². The van der Waals surface area contributed by atoms with Gasteiger partial charge in [-0.05, 0) is 69.5 Å². The van der Waals surface area contributed by atoms with E-state index in [0.29, 0.717) is 30.3 Å². The van der Waals surface area contributed by atoms with Crippen LogP contribution >= 0.6 is 0 Å². The van der Waals surface area contributed by atoms with Crippen LogP contribution in [0.4, 0.5) is 0 Å². The number of pyridine rings is 1. The fraction of sp³-hybridized carbons (Fsp3) is 0.455. The van der Waals surface area contributed by atoms with Crippen LogP contribution in [0.1, 0.15) is 39.1 Å². The Balaban J connectivity index is 1.51. The normalized spacial score (nSPS) is 17.8. The van der Waals surface area contributed by atoms with E-state index in [-0.39, 0.29) is 12.0 Å². The number of aromatic nitrogens is 3. The number of rotatable bonds is 7. The number of fused-ring (bicyclic) bond motifs is 1. The van der Waals surface area contributed by atoms with Crippen molar-refractivity contribution in [2.75, 3.05) is 19.7 Å². The summed E-state index contributed by atoms with van der Waals surface area (Å²) in [6.45, 7) is 7.73. The fourth-order valence-corrected chi connectivity index (χ4v) is 5.66. The number of ether oxygens (including phenoxy) is 1. The second-order valence-electron chi connectivity index (χ2n) is 7.96. The van der Waals surface area contributed by atoms with E-state index in [2.05, 4.69) is 23.4 Å². The first-order chi connectivity index (χ1) is 14.4. The van der Waals surface area contributed by atoms with Crippen molar-refractivity contribution in [3.8, 4) is 5.75 Å². The van der Waals surface area contributed by atoms with Crippen molar-refractivity contribution in [3.05, 3.63) is 48.4 Å². The van der Waals surface area contributed by atoms with Gasteiger partial charge in [0.1, 0.15) is 17.1 Å². The zero-order valence-corrected chi connectivity index (χ0v) is 18.5. The van der Waals surface area contributed by atoms with Crippen molar-refractivity contribution in [1.29, 1.82) is 0 Å². The zero-order chi connectivity index (χ0) is 21.3. The molecule has 160 valence electrons. The van der Waals surface area contributed by atoms with Crippen molar-refractivity contribution in [2.45, 2.75) is 44.6 Å². The molecular weight excluding hydrogens is 400 g/mol. The Labute approximate surface area is 177 Å². The minimum Gasteiger partial charge on any atom is -0.494 e. The first kappa shape index (κ1) is 20.8. The maximum atomic E-state index is 13.1. The van der Waals surface area contributed by atoms with Gasteiger partial charge in [0, 0.05) is 31.7 Å². The molecule has 0 spiro atoms. The lowest BCUT2D eigenvalue weighted by Gasteiger charge is -2.18. The molecule has 3 aromatic rings. The Morgan fingerprint density at radius 3 is 2.67 bits per heavy atom. The number of hydrogen-bond acceptors (Lipinski definition) is 5. The smallest absolute Gasteiger partial charge is 0.243 e. The van der Waals surface area contributed by atoms with Crippen LogP contribution in [0.25, 0.3) is 11.2 Å². The molecule has 0 bridgehead atoms. The van der Waals surface area contributed by atoms with Crippen LogP contribution in [0, 0.1) is 5.92 Å². The Morgan fingerprint density at radius 2 is 1.97 bits per heavy atom. The largest absolute Gasteiger partial charge is 0.494 e. The molecule has 8 heteroatoms. The summed E-state index contributed by atoms with van der Waals surface area (Å²) < 4.78 is 35.3. The van der Waals surface area contributed by atoms with Gasteiger partial charge in [0.15, 0.2) is 5.65 Å². The molecule has 0 unspecified atom stereocenters.